The summed E-state index contributed by atoms with van der Waals surface area (Å²) < 4.78 is 21.3. The zero-order valence-corrected chi connectivity index (χ0v) is 11.7. The largest absolute Gasteiger partial charge is 0.355 e. The van der Waals surface area contributed by atoms with Gasteiger partial charge in [-0.05, 0) is 26.7 Å². The summed E-state index contributed by atoms with van der Waals surface area (Å²) in [4.78, 5) is 11.6. The lowest BCUT2D eigenvalue weighted by Crippen LogP contribution is -2.47. The Morgan fingerprint density at radius 1 is 1.33 bits per heavy atom. The Bertz CT molecular complexity index is 311. The fourth-order valence-corrected chi connectivity index (χ4v) is 1.61. The van der Waals surface area contributed by atoms with E-state index in [9.17, 15) is 13.2 Å². The number of hydrogen-bond donors (Lipinski definition) is 1. The monoisotopic (exact) mass is 299 g/mol. The lowest BCUT2D eigenvalue weighted by Gasteiger charge is -2.21. The molecule has 0 aliphatic carbocycles. The molecule has 1 amide bonds. The highest BCUT2D eigenvalue weighted by Gasteiger charge is 2.37. The van der Waals surface area contributed by atoms with Crippen LogP contribution in [0.3, 0.4) is 0 Å². The molecule has 4 nitrogen and oxygen atoms in total. The van der Waals surface area contributed by atoms with Crippen molar-refractivity contribution >= 4 is 31.7 Å². The van der Waals surface area contributed by atoms with Gasteiger partial charge in [0.1, 0.15) is 4.75 Å². The van der Waals surface area contributed by atoms with Crippen molar-refractivity contribution in [2.24, 2.45) is 0 Å². The van der Waals surface area contributed by atoms with Gasteiger partial charge in [-0.3, -0.25) is 4.79 Å². The topological polar surface area (TPSA) is 63.2 Å². The Morgan fingerprint density at radius 3 is 2.27 bits per heavy atom. The number of sulfone groups is 1. The number of nitrogens with one attached hydrogen (secondary N) is 1. The second kappa shape index (κ2) is 5.84. The van der Waals surface area contributed by atoms with Gasteiger partial charge in [0, 0.05) is 18.1 Å². The normalized spacial score (nSPS) is 12.5. The number of hydrogen-bond acceptors (Lipinski definition) is 3. The second-order valence-corrected chi connectivity index (χ2v) is 7.29. The van der Waals surface area contributed by atoms with Crippen molar-refractivity contribution in [1.29, 1.82) is 0 Å². The molecule has 0 saturated heterocycles. The van der Waals surface area contributed by atoms with Crippen molar-refractivity contribution in [1.82, 2.24) is 5.32 Å². The fourth-order valence-electron chi connectivity index (χ4n) is 0.803. The highest BCUT2D eigenvalue weighted by atomic mass is 79.9. The molecule has 0 heterocycles. The summed E-state index contributed by atoms with van der Waals surface area (Å²) in [5.41, 5.74) is 0. The fraction of sp³-hybridized carbons (Fsp3) is 0.889. The average Bonchev–Trinajstić information content (AvgIpc) is 2.10. The van der Waals surface area contributed by atoms with Gasteiger partial charge in [-0.25, -0.2) is 8.42 Å². The maximum absolute atomic E-state index is 11.6. The van der Waals surface area contributed by atoms with Crippen molar-refractivity contribution in [3.05, 3.63) is 0 Å². The van der Waals surface area contributed by atoms with Gasteiger partial charge in [0.2, 0.25) is 5.91 Å². The molecule has 0 atom stereocenters. The van der Waals surface area contributed by atoms with Crippen molar-refractivity contribution < 1.29 is 13.2 Å². The van der Waals surface area contributed by atoms with Crippen molar-refractivity contribution in [3.63, 3.8) is 0 Å². The van der Waals surface area contributed by atoms with Crippen LogP contribution in [0.2, 0.25) is 0 Å². The third-order valence-electron chi connectivity index (χ3n) is 2.32. The van der Waals surface area contributed by atoms with Gasteiger partial charge in [0.05, 0.1) is 0 Å². The Hall–Kier alpha value is -0.100. The highest BCUT2D eigenvalue weighted by Crippen LogP contribution is 2.14. The molecule has 1 N–H and O–H groups in total. The van der Waals surface area contributed by atoms with Crippen LogP contribution >= 0.6 is 15.9 Å². The van der Waals surface area contributed by atoms with Crippen LogP contribution in [0.5, 0.6) is 0 Å². The number of unbranched alkanes of at least 4 members (excludes halogenated alkanes) is 1. The van der Waals surface area contributed by atoms with Gasteiger partial charge < -0.3 is 5.32 Å². The van der Waals surface area contributed by atoms with E-state index >= 15 is 0 Å². The number of carbonyl (C=O) groups is 1. The van der Waals surface area contributed by atoms with Gasteiger partial charge >= 0.3 is 0 Å². The zero-order valence-electron chi connectivity index (χ0n) is 9.34. The molecule has 90 valence electrons. The predicted octanol–water partition coefficient (Wildman–Crippen LogP) is 1.10. The zero-order chi connectivity index (χ0) is 12.1. The van der Waals surface area contributed by atoms with Crippen molar-refractivity contribution in [2.75, 3.05) is 18.1 Å². The van der Waals surface area contributed by atoms with E-state index in [0.717, 1.165) is 24.4 Å². The second-order valence-electron chi connectivity index (χ2n) is 3.93. The van der Waals surface area contributed by atoms with Crippen LogP contribution in [0.15, 0.2) is 0 Å². The van der Waals surface area contributed by atoms with Crippen LogP contribution < -0.4 is 5.32 Å². The molecular formula is C9H18BrNO3S. The lowest BCUT2D eigenvalue weighted by atomic mass is 10.2. The van der Waals surface area contributed by atoms with E-state index in [0.29, 0.717) is 6.54 Å². The number of halogens is 1. The maximum atomic E-state index is 11.6. The molecule has 6 heteroatoms. The Kier molecular flexibility index (Phi) is 5.80. The first-order valence-corrected chi connectivity index (χ1v) is 7.78. The minimum atomic E-state index is -3.37. The molecule has 0 bridgehead atoms. The SMILES string of the molecule is CC(C)(C(=O)NCCCCBr)S(C)(=O)=O. The molecule has 0 saturated carbocycles. The van der Waals surface area contributed by atoms with E-state index in [1.807, 2.05) is 0 Å². The summed E-state index contributed by atoms with van der Waals surface area (Å²) in [7, 11) is -3.37. The third-order valence-corrected chi connectivity index (χ3v) is 4.92. The van der Waals surface area contributed by atoms with Crippen molar-refractivity contribution in [3.8, 4) is 0 Å². The first-order chi connectivity index (χ1) is 6.73. The highest BCUT2D eigenvalue weighted by molar-refractivity contribution is 9.09. The first kappa shape index (κ1) is 14.9. The van der Waals surface area contributed by atoms with E-state index in [1.54, 1.807) is 0 Å². The van der Waals surface area contributed by atoms with E-state index in [4.69, 9.17) is 0 Å². The Morgan fingerprint density at radius 2 is 1.87 bits per heavy atom. The van der Waals surface area contributed by atoms with Crippen LogP contribution in [0.1, 0.15) is 26.7 Å². The Balaban J connectivity index is 4.22. The molecule has 0 radical (unpaired) electrons. The molecule has 0 aromatic rings. The molecule has 0 spiro atoms. The van der Waals surface area contributed by atoms with Crippen LogP contribution in [-0.4, -0.2) is 37.2 Å². The Labute approximate surface area is 99.9 Å². The van der Waals surface area contributed by atoms with Gasteiger partial charge in [0.15, 0.2) is 9.84 Å². The minimum Gasteiger partial charge on any atom is -0.355 e. The van der Waals surface area contributed by atoms with Gasteiger partial charge in [-0.1, -0.05) is 15.9 Å². The van der Waals surface area contributed by atoms with E-state index in [-0.39, 0.29) is 0 Å². The summed E-state index contributed by atoms with van der Waals surface area (Å²) in [6, 6.07) is 0. The molecule has 0 rings (SSSR count). The van der Waals surface area contributed by atoms with Crippen LogP contribution in [0, 0.1) is 0 Å². The van der Waals surface area contributed by atoms with Crippen molar-refractivity contribution in [2.45, 2.75) is 31.4 Å². The molecule has 15 heavy (non-hydrogen) atoms. The standard InChI is InChI=1S/C9H18BrNO3S/c1-9(2,15(3,13)14)8(12)11-7-5-4-6-10/h4-7H2,1-3H3,(H,11,12). The van der Waals surface area contributed by atoms with Gasteiger partial charge in [-0.2, -0.15) is 0 Å². The molecule has 0 aliphatic heterocycles. The molecule has 0 unspecified atom stereocenters. The average molecular weight is 300 g/mol. The van der Waals surface area contributed by atoms with E-state index < -0.39 is 20.5 Å². The molecule has 0 aromatic carbocycles. The van der Waals surface area contributed by atoms with Gasteiger partial charge in [-0.15, -0.1) is 0 Å². The number of alkyl halides is 1. The molecule has 0 aliphatic rings. The predicted molar refractivity (Wildman–Crippen MR) is 65.0 cm³/mol. The van der Waals surface area contributed by atoms with Gasteiger partial charge in [0.25, 0.3) is 0 Å². The molecule has 0 fully saturated rings. The smallest absolute Gasteiger partial charge is 0.240 e. The maximum Gasteiger partial charge on any atom is 0.240 e. The summed E-state index contributed by atoms with van der Waals surface area (Å²) in [6.45, 7) is 3.35. The number of carbonyl (C=O) groups excluding carboxylic acids is 1. The minimum absolute atomic E-state index is 0.431. The molecule has 0 aromatic heterocycles. The summed E-state index contributed by atoms with van der Waals surface area (Å²) in [6.07, 6.45) is 2.88. The van der Waals surface area contributed by atoms with E-state index in [2.05, 4.69) is 21.2 Å². The van der Waals surface area contributed by atoms with Crippen LogP contribution in [0.25, 0.3) is 0 Å². The first-order valence-electron chi connectivity index (χ1n) is 4.77. The van der Waals surface area contributed by atoms with Crippen LogP contribution in [-0.2, 0) is 14.6 Å². The van der Waals surface area contributed by atoms with E-state index in [1.165, 1.54) is 13.8 Å². The molecular weight excluding hydrogens is 282 g/mol. The quantitative estimate of drug-likeness (QED) is 0.590. The lowest BCUT2D eigenvalue weighted by molar-refractivity contribution is -0.122. The van der Waals surface area contributed by atoms with Crippen LogP contribution in [0.4, 0.5) is 0 Å². The number of rotatable bonds is 6. The third kappa shape index (κ3) is 4.51. The summed E-state index contributed by atoms with van der Waals surface area (Å²) in [5.74, 6) is -0.431. The number of amides is 1. The summed E-state index contributed by atoms with van der Waals surface area (Å²) in [5, 5.41) is 3.51. The summed E-state index contributed by atoms with van der Waals surface area (Å²) >= 11 is 3.28.